The van der Waals surface area contributed by atoms with Crippen LogP contribution in [0.4, 0.5) is 5.69 Å². The molecule has 0 aliphatic heterocycles. The van der Waals surface area contributed by atoms with E-state index in [1.807, 2.05) is 0 Å². The lowest BCUT2D eigenvalue weighted by Gasteiger charge is -2.11. The summed E-state index contributed by atoms with van der Waals surface area (Å²) >= 11 is 0. The van der Waals surface area contributed by atoms with Crippen LogP contribution in [0.15, 0.2) is 30.9 Å². The van der Waals surface area contributed by atoms with Crippen molar-refractivity contribution < 1.29 is 18.3 Å². The third kappa shape index (κ3) is 3.32. The molecule has 0 spiro atoms. The molecule has 0 radical (unpaired) electrons. The molecule has 5 nitrogen and oxygen atoms in total. The SMILES string of the molecule is C=CCS(=O)(=O)Nc1c(C)cccc1C(=O)O. The van der Waals surface area contributed by atoms with Crippen LogP contribution < -0.4 is 4.72 Å². The molecule has 0 aliphatic rings. The average molecular weight is 255 g/mol. The molecular formula is C11H13NO4S. The Morgan fingerprint density at radius 2 is 2.18 bits per heavy atom. The summed E-state index contributed by atoms with van der Waals surface area (Å²) in [5.74, 6) is -1.44. The van der Waals surface area contributed by atoms with Crippen LogP contribution in [0.5, 0.6) is 0 Å². The molecule has 0 bridgehead atoms. The number of nitrogens with one attached hydrogen (secondary N) is 1. The van der Waals surface area contributed by atoms with E-state index >= 15 is 0 Å². The number of benzene rings is 1. The van der Waals surface area contributed by atoms with Crippen molar-refractivity contribution in [2.45, 2.75) is 6.92 Å². The largest absolute Gasteiger partial charge is 0.478 e. The molecule has 0 atom stereocenters. The van der Waals surface area contributed by atoms with Crippen molar-refractivity contribution in [1.29, 1.82) is 0 Å². The first-order chi connectivity index (χ1) is 7.87. The highest BCUT2D eigenvalue weighted by Gasteiger charge is 2.16. The Labute approximate surface area is 99.8 Å². The van der Waals surface area contributed by atoms with Gasteiger partial charge in [-0.25, -0.2) is 13.2 Å². The number of para-hydroxylation sites is 1. The molecule has 0 heterocycles. The van der Waals surface area contributed by atoms with Crippen molar-refractivity contribution >= 4 is 21.7 Å². The van der Waals surface area contributed by atoms with Crippen LogP contribution in [0.2, 0.25) is 0 Å². The number of sulfonamides is 1. The van der Waals surface area contributed by atoms with E-state index in [1.165, 1.54) is 12.1 Å². The van der Waals surface area contributed by atoms with Crippen LogP contribution >= 0.6 is 0 Å². The fourth-order valence-corrected chi connectivity index (χ4v) is 2.31. The number of rotatable bonds is 5. The van der Waals surface area contributed by atoms with Crippen LogP contribution in [-0.4, -0.2) is 25.2 Å². The zero-order valence-electron chi connectivity index (χ0n) is 9.30. The predicted octanol–water partition coefficient (Wildman–Crippen LogP) is 1.62. The molecule has 0 unspecified atom stereocenters. The zero-order chi connectivity index (χ0) is 13.1. The highest BCUT2D eigenvalue weighted by atomic mass is 32.2. The van der Waals surface area contributed by atoms with Gasteiger partial charge in [0, 0.05) is 0 Å². The van der Waals surface area contributed by atoms with Crippen LogP contribution in [0.3, 0.4) is 0 Å². The van der Waals surface area contributed by atoms with E-state index in [4.69, 9.17) is 5.11 Å². The molecule has 17 heavy (non-hydrogen) atoms. The Balaban J connectivity index is 3.22. The van der Waals surface area contributed by atoms with Crippen LogP contribution in [0.1, 0.15) is 15.9 Å². The topological polar surface area (TPSA) is 83.5 Å². The van der Waals surface area contributed by atoms with E-state index in [0.29, 0.717) is 5.56 Å². The number of hydrogen-bond acceptors (Lipinski definition) is 3. The predicted molar refractivity (Wildman–Crippen MR) is 65.7 cm³/mol. The van der Waals surface area contributed by atoms with Crippen molar-refractivity contribution in [3.05, 3.63) is 42.0 Å². The fraction of sp³-hybridized carbons (Fsp3) is 0.182. The van der Waals surface area contributed by atoms with Crippen LogP contribution in [0, 0.1) is 6.92 Å². The smallest absolute Gasteiger partial charge is 0.337 e. The Morgan fingerprint density at radius 1 is 1.53 bits per heavy atom. The number of aryl methyl sites for hydroxylation is 1. The van der Waals surface area contributed by atoms with E-state index in [-0.39, 0.29) is 17.0 Å². The van der Waals surface area contributed by atoms with Gasteiger partial charge in [0.2, 0.25) is 10.0 Å². The molecule has 1 rings (SSSR count). The standard InChI is InChI=1S/C11H13NO4S/c1-3-7-17(15,16)12-10-8(2)5-4-6-9(10)11(13)14/h3-6,12H,1,7H2,2H3,(H,13,14). The first kappa shape index (κ1) is 13.2. The third-order valence-electron chi connectivity index (χ3n) is 2.10. The highest BCUT2D eigenvalue weighted by Crippen LogP contribution is 2.21. The molecule has 6 heteroatoms. The van der Waals surface area contributed by atoms with E-state index in [0.717, 1.165) is 0 Å². The molecule has 0 aromatic heterocycles. The van der Waals surface area contributed by atoms with Gasteiger partial charge < -0.3 is 5.11 Å². The maximum absolute atomic E-state index is 11.6. The van der Waals surface area contributed by atoms with Gasteiger partial charge in [0.25, 0.3) is 0 Å². The van der Waals surface area contributed by atoms with Gasteiger partial charge >= 0.3 is 5.97 Å². The zero-order valence-corrected chi connectivity index (χ0v) is 10.1. The molecule has 0 fully saturated rings. The second-order valence-electron chi connectivity index (χ2n) is 3.47. The van der Waals surface area contributed by atoms with Gasteiger partial charge in [-0.1, -0.05) is 18.2 Å². The molecule has 92 valence electrons. The Morgan fingerprint density at radius 3 is 2.71 bits per heavy atom. The summed E-state index contributed by atoms with van der Waals surface area (Å²) in [6, 6.07) is 4.55. The van der Waals surface area contributed by atoms with Gasteiger partial charge in [0.1, 0.15) is 0 Å². The van der Waals surface area contributed by atoms with Crippen LogP contribution in [-0.2, 0) is 10.0 Å². The minimum Gasteiger partial charge on any atom is -0.478 e. The molecule has 0 aliphatic carbocycles. The highest BCUT2D eigenvalue weighted by molar-refractivity contribution is 7.92. The molecule has 0 saturated heterocycles. The summed E-state index contributed by atoms with van der Waals surface area (Å²) in [5, 5.41) is 8.96. The van der Waals surface area contributed by atoms with Crippen LogP contribution in [0.25, 0.3) is 0 Å². The number of carboxylic acid groups (broad SMARTS) is 1. The fourth-order valence-electron chi connectivity index (χ4n) is 1.33. The average Bonchev–Trinajstić information content (AvgIpc) is 2.20. The van der Waals surface area contributed by atoms with E-state index < -0.39 is 16.0 Å². The Kier molecular flexibility index (Phi) is 3.90. The van der Waals surface area contributed by atoms with Gasteiger partial charge in [0.15, 0.2) is 0 Å². The van der Waals surface area contributed by atoms with Gasteiger partial charge in [-0.05, 0) is 18.6 Å². The normalized spacial score (nSPS) is 10.9. The Hall–Kier alpha value is -1.82. The lowest BCUT2D eigenvalue weighted by atomic mass is 10.1. The molecule has 0 saturated carbocycles. The van der Waals surface area contributed by atoms with Gasteiger partial charge in [-0.15, -0.1) is 6.58 Å². The monoisotopic (exact) mass is 255 g/mol. The number of anilines is 1. The minimum atomic E-state index is -3.59. The number of aromatic carboxylic acids is 1. The van der Waals surface area contributed by atoms with E-state index in [1.54, 1.807) is 19.1 Å². The summed E-state index contributed by atoms with van der Waals surface area (Å²) in [4.78, 5) is 11.0. The molecule has 1 aromatic rings. The number of hydrogen-bond donors (Lipinski definition) is 2. The summed E-state index contributed by atoms with van der Waals surface area (Å²) < 4.78 is 25.4. The van der Waals surface area contributed by atoms with Crippen molar-refractivity contribution in [3.63, 3.8) is 0 Å². The number of carboxylic acids is 1. The van der Waals surface area contributed by atoms with Crippen molar-refractivity contribution in [2.75, 3.05) is 10.5 Å². The summed E-state index contributed by atoms with van der Waals surface area (Å²) in [6.07, 6.45) is 1.24. The van der Waals surface area contributed by atoms with Gasteiger partial charge in [-0.2, -0.15) is 0 Å². The second-order valence-corrected chi connectivity index (χ2v) is 5.24. The molecule has 0 amide bonds. The van der Waals surface area contributed by atoms with E-state index in [9.17, 15) is 13.2 Å². The maximum atomic E-state index is 11.6. The van der Waals surface area contributed by atoms with Gasteiger partial charge in [0.05, 0.1) is 17.0 Å². The maximum Gasteiger partial charge on any atom is 0.337 e. The number of carbonyl (C=O) groups is 1. The summed E-state index contributed by atoms with van der Waals surface area (Å²) in [7, 11) is -3.59. The first-order valence-corrected chi connectivity index (χ1v) is 6.47. The van der Waals surface area contributed by atoms with E-state index in [2.05, 4.69) is 11.3 Å². The van der Waals surface area contributed by atoms with Crippen molar-refractivity contribution in [2.24, 2.45) is 0 Å². The molecular weight excluding hydrogens is 242 g/mol. The molecule has 1 aromatic carbocycles. The van der Waals surface area contributed by atoms with Gasteiger partial charge in [-0.3, -0.25) is 4.72 Å². The first-order valence-electron chi connectivity index (χ1n) is 4.81. The Bertz CT molecular complexity index is 549. The third-order valence-corrected chi connectivity index (χ3v) is 3.29. The molecule has 2 N–H and O–H groups in total. The second kappa shape index (κ2) is 5.01. The quantitative estimate of drug-likeness (QED) is 0.783. The minimum absolute atomic E-state index is 0.0716. The summed E-state index contributed by atoms with van der Waals surface area (Å²) in [5.41, 5.74) is 0.581. The lowest BCUT2D eigenvalue weighted by Crippen LogP contribution is -2.18. The van der Waals surface area contributed by atoms with Crippen molar-refractivity contribution in [1.82, 2.24) is 0 Å². The summed E-state index contributed by atoms with van der Waals surface area (Å²) in [6.45, 7) is 4.97. The van der Waals surface area contributed by atoms with Crippen molar-refractivity contribution in [3.8, 4) is 0 Å². The lowest BCUT2D eigenvalue weighted by molar-refractivity contribution is 0.0698.